The Hall–Kier alpha value is -2.47. The lowest BCUT2D eigenvalue weighted by Gasteiger charge is -2.10. The van der Waals surface area contributed by atoms with Crippen LogP contribution in [0.2, 0.25) is 5.02 Å². The average Bonchev–Trinajstić information content (AvgIpc) is 3.32. The number of hydrogen-bond acceptors (Lipinski definition) is 2. The van der Waals surface area contributed by atoms with E-state index in [-0.39, 0.29) is 28.1 Å². The van der Waals surface area contributed by atoms with Crippen molar-refractivity contribution in [3.63, 3.8) is 0 Å². The number of anilines is 1. The van der Waals surface area contributed by atoms with E-state index in [0.717, 1.165) is 25.0 Å². The molecule has 24 heavy (non-hydrogen) atoms. The van der Waals surface area contributed by atoms with E-state index in [1.807, 2.05) is 0 Å². The van der Waals surface area contributed by atoms with Crippen LogP contribution in [0, 0.1) is 11.6 Å². The predicted molar refractivity (Wildman–Crippen MR) is 86.3 cm³/mol. The molecule has 2 N–H and O–H groups in total. The van der Waals surface area contributed by atoms with Crippen LogP contribution < -0.4 is 10.6 Å². The van der Waals surface area contributed by atoms with Gasteiger partial charge < -0.3 is 10.6 Å². The highest BCUT2D eigenvalue weighted by atomic mass is 35.5. The van der Waals surface area contributed by atoms with Crippen LogP contribution in [0.3, 0.4) is 0 Å². The Labute approximate surface area is 141 Å². The molecule has 0 radical (unpaired) electrons. The Morgan fingerprint density at radius 1 is 1.00 bits per heavy atom. The van der Waals surface area contributed by atoms with Crippen LogP contribution in [0.5, 0.6) is 0 Å². The van der Waals surface area contributed by atoms with Crippen LogP contribution in [0.4, 0.5) is 14.5 Å². The molecule has 2 aromatic carbocycles. The molecule has 1 fully saturated rings. The fourth-order valence-electron chi connectivity index (χ4n) is 2.16. The summed E-state index contributed by atoms with van der Waals surface area (Å²) in [4.78, 5) is 24.2. The number of nitrogens with one attached hydrogen (secondary N) is 2. The van der Waals surface area contributed by atoms with Crippen molar-refractivity contribution in [2.45, 2.75) is 18.9 Å². The monoisotopic (exact) mass is 350 g/mol. The highest BCUT2D eigenvalue weighted by Crippen LogP contribution is 2.24. The molecular formula is C17H13ClF2N2O2. The third-order valence-electron chi connectivity index (χ3n) is 3.51. The number of benzene rings is 2. The van der Waals surface area contributed by atoms with Crippen LogP contribution in [-0.4, -0.2) is 17.9 Å². The molecule has 0 atom stereocenters. The number of rotatable bonds is 4. The van der Waals surface area contributed by atoms with E-state index in [1.165, 1.54) is 18.2 Å². The van der Waals surface area contributed by atoms with E-state index in [4.69, 9.17) is 11.6 Å². The first kappa shape index (κ1) is 16.4. The molecule has 3 rings (SSSR count). The molecule has 0 bridgehead atoms. The maximum absolute atomic E-state index is 13.2. The van der Waals surface area contributed by atoms with E-state index in [9.17, 15) is 18.4 Å². The molecule has 1 saturated carbocycles. The molecular weight excluding hydrogens is 338 g/mol. The number of hydrogen-bond donors (Lipinski definition) is 2. The van der Waals surface area contributed by atoms with Gasteiger partial charge in [0.1, 0.15) is 11.6 Å². The number of carbonyl (C=O) groups is 2. The normalized spacial score (nSPS) is 13.5. The number of halogens is 3. The van der Waals surface area contributed by atoms with Crippen LogP contribution in [-0.2, 0) is 0 Å². The van der Waals surface area contributed by atoms with Gasteiger partial charge in [0.25, 0.3) is 11.8 Å². The fourth-order valence-corrected chi connectivity index (χ4v) is 2.36. The third kappa shape index (κ3) is 3.89. The van der Waals surface area contributed by atoms with Crippen molar-refractivity contribution in [1.82, 2.24) is 5.32 Å². The van der Waals surface area contributed by atoms with Crippen molar-refractivity contribution >= 4 is 29.1 Å². The van der Waals surface area contributed by atoms with Crippen molar-refractivity contribution in [3.05, 3.63) is 64.2 Å². The average molecular weight is 351 g/mol. The summed E-state index contributed by atoms with van der Waals surface area (Å²) in [7, 11) is 0. The van der Waals surface area contributed by atoms with Crippen LogP contribution in [0.15, 0.2) is 36.4 Å². The van der Waals surface area contributed by atoms with E-state index in [1.54, 1.807) is 0 Å². The van der Waals surface area contributed by atoms with Gasteiger partial charge in [0.2, 0.25) is 0 Å². The van der Waals surface area contributed by atoms with Gasteiger partial charge in [-0.25, -0.2) is 8.78 Å². The highest BCUT2D eigenvalue weighted by Gasteiger charge is 2.25. The van der Waals surface area contributed by atoms with Gasteiger partial charge in [-0.05, 0) is 43.2 Å². The molecule has 7 heteroatoms. The first-order valence-electron chi connectivity index (χ1n) is 7.30. The zero-order valence-corrected chi connectivity index (χ0v) is 13.2. The highest BCUT2D eigenvalue weighted by molar-refractivity contribution is 6.34. The Bertz CT molecular complexity index is 802. The van der Waals surface area contributed by atoms with Gasteiger partial charge in [0, 0.05) is 23.4 Å². The van der Waals surface area contributed by atoms with Gasteiger partial charge in [0.15, 0.2) is 0 Å². The van der Waals surface area contributed by atoms with E-state index in [2.05, 4.69) is 10.6 Å². The lowest BCUT2D eigenvalue weighted by atomic mass is 10.1. The Morgan fingerprint density at radius 2 is 1.67 bits per heavy atom. The molecule has 0 saturated heterocycles. The third-order valence-corrected chi connectivity index (χ3v) is 3.84. The van der Waals surface area contributed by atoms with Crippen LogP contribution in [0.1, 0.15) is 33.6 Å². The maximum Gasteiger partial charge on any atom is 0.255 e. The molecule has 2 amide bonds. The predicted octanol–water partition coefficient (Wildman–Crippen LogP) is 3.76. The molecule has 1 aliphatic rings. The summed E-state index contributed by atoms with van der Waals surface area (Å²) >= 11 is 6.02. The van der Waals surface area contributed by atoms with Crippen molar-refractivity contribution in [1.29, 1.82) is 0 Å². The van der Waals surface area contributed by atoms with E-state index in [0.29, 0.717) is 11.8 Å². The van der Waals surface area contributed by atoms with Crippen molar-refractivity contribution in [2.24, 2.45) is 0 Å². The SMILES string of the molecule is O=C(Nc1ccc(Cl)c(C(=O)NC2CC2)c1)c1cc(F)cc(F)c1. The second-order valence-corrected chi connectivity index (χ2v) is 5.96. The molecule has 0 aliphatic heterocycles. The fraction of sp³-hybridized carbons (Fsp3) is 0.176. The quantitative estimate of drug-likeness (QED) is 0.882. The van der Waals surface area contributed by atoms with Gasteiger partial charge >= 0.3 is 0 Å². The standard InChI is InChI=1S/C17H13ClF2N2O2/c18-15-4-3-13(8-14(15)17(24)21-12-1-2-12)22-16(23)9-5-10(19)7-11(20)6-9/h3-8,12H,1-2H2,(H,21,24)(H,22,23). The minimum Gasteiger partial charge on any atom is -0.349 e. The van der Waals surface area contributed by atoms with Gasteiger partial charge in [-0.1, -0.05) is 11.6 Å². The summed E-state index contributed by atoms with van der Waals surface area (Å²) in [5.41, 5.74) is 0.369. The molecule has 2 aromatic rings. The molecule has 0 heterocycles. The van der Waals surface area contributed by atoms with Gasteiger partial charge in [0.05, 0.1) is 10.6 Å². The summed E-state index contributed by atoms with van der Waals surface area (Å²) in [6.07, 6.45) is 1.87. The van der Waals surface area contributed by atoms with Gasteiger partial charge in [-0.3, -0.25) is 9.59 Å². The van der Waals surface area contributed by atoms with E-state index >= 15 is 0 Å². The Kier molecular flexibility index (Phi) is 4.49. The molecule has 1 aliphatic carbocycles. The van der Waals surface area contributed by atoms with Crippen molar-refractivity contribution in [2.75, 3.05) is 5.32 Å². The van der Waals surface area contributed by atoms with Crippen LogP contribution >= 0.6 is 11.6 Å². The van der Waals surface area contributed by atoms with Gasteiger partial charge in [-0.15, -0.1) is 0 Å². The molecule has 0 spiro atoms. The van der Waals surface area contributed by atoms with E-state index < -0.39 is 17.5 Å². The summed E-state index contributed by atoms with van der Waals surface area (Å²) in [5.74, 6) is -2.71. The molecule has 0 aromatic heterocycles. The number of amides is 2. The summed E-state index contributed by atoms with van der Waals surface area (Å²) in [5, 5.41) is 5.55. The minimum absolute atomic E-state index is 0.161. The Morgan fingerprint density at radius 3 is 2.29 bits per heavy atom. The summed E-state index contributed by atoms with van der Waals surface area (Å²) < 4.78 is 26.4. The second-order valence-electron chi connectivity index (χ2n) is 5.55. The lowest BCUT2D eigenvalue weighted by molar-refractivity contribution is 0.0949. The van der Waals surface area contributed by atoms with Crippen molar-refractivity contribution in [3.8, 4) is 0 Å². The van der Waals surface area contributed by atoms with Crippen LogP contribution in [0.25, 0.3) is 0 Å². The van der Waals surface area contributed by atoms with Gasteiger partial charge in [-0.2, -0.15) is 0 Å². The van der Waals surface area contributed by atoms with Crippen molar-refractivity contribution < 1.29 is 18.4 Å². The minimum atomic E-state index is -0.847. The zero-order valence-electron chi connectivity index (χ0n) is 12.4. The molecule has 4 nitrogen and oxygen atoms in total. The lowest BCUT2D eigenvalue weighted by Crippen LogP contribution is -2.25. The first-order valence-corrected chi connectivity index (χ1v) is 7.68. The summed E-state index contributed by atoms with van der Waals surface area (Å²) in [6, 6.07) is 7.11. The largest absolute Gasteiger partial charge is 0.349 e. The molecule has 124 valence electrons. The smallest absolute Gasteiger partial charge is 0.255 e. The Balaban J connectivity index is 1.79. The number of carbonyl (C=O) groups excluding carboxylic acids is 2. The topological polar surface area (TPSA) is 58.2 Å². The first-order chi connectivity index (χ1) is 11.4. The maximum atomic E-state index is 13.2. The zero-order chi connectivity index (χ0) is 17.3. The second kappa shape index (κ2) is 6.57. The molecule has 0 unspecified atom stereocenters. The summed E-state index contributed by atoms with van der Waals surface area (Å²) in [6.45, 7) is 0.